The van der Waals surface area contributed by atoms with Crippen molar-refractivity contribution in [1.29, 1.82) is 0 Å². The highest BCUT2D eigenvalue weighted by Gasteiger charge is 2.26. The van der Waals surface area contributed by atoms with Crippen molar-refractivity contribution in [3.8, 4) is 0 Å². The Hall–Kier alpha value is -2.28. The molecule has 1 fully saturated rings. The van der Waals surface area contributed by atoms with Crippen LogP contribution in [0.15, 0.2) is 18.5 Å². The molecule has 0 radical (unpaired) electrons. The smallest absolute Gasteiger partial charge is 0.272 e. The minimum atomic E-state index is -0.166. The molecule has 0 unspecified atom stereocenters. The first-order valence-corrected chi connectivity index (χ1v) is 8.92. The highest BCUT2D eigenvalue weighted by molar-refractivity contribution is 5.92. The van der Waals surface area contributed by atoms with Gasteiger partial charge in [0.05, 0.1) is 11.7 Å². The molecular formula is C18H26N6O. The van der Waals surface area contributed by atoms with Gasteiger partial charge in [-0.1, -0.05) is 6.92 Å². The van der Waals surface area contributed by atoms with Crippen molar-refractivity contribution < 1.29 is 4.79 Å². The van der Waals surface area contributed by atoms with Gasteiger partial charge in [0.1, 0.15) is 11.5 Å². The van der Waals surface area contributed by atoms with E-state index in [0.29, 0.717) is 18.3 Å². The third-order valence-electron chi connectivity index (χ3n) is 4.62. The quantitative estimate of drug-likeness (QED) is 0.870. The van der Waals surface area contributed by atoms with Gasteiger partial charge in [-0.25, -0.2) is 9.97 Å². The second kappa shape index (κ2) is 7.74. The van der Waals surface area contributed by atoms with Crippen LogP contribution in [0.5, 0.6) is 0 Å². The summed E-state index contributed by atoms with van der Waals surface area (Å²) in [6.07, 6.45) is 6.92. The summed E-state index contributed by atoms with van der Waals surface area (Å²) in [5.41, 5.74) is 2.45. The first-order chi connectivity index (χ1) is 12.1. The molecule has 2 aromatic heterocycles. The molecule has 134 valence electrons. The Kier molecular flexibility index (Phi) is 5.43. The van der Waals surface area contributed by atoms with Crippen LogP contribution in [-0.2, 0) is 13.1 Å². The Bertz CT molecular complexity index is 741. The van der Waals surface area contributed by atoms with Gasteiger partial charge in [0.25, 0.3) is 5.91 Å². The van der Waals surface area contributed by atoms with E-state index in [4.69, 9.17) is 0 Å². The van der Waals surface area contributed by atoms with Crippen molar-refractivity contribution in [1.82, 2.24) is 30.0 Å². The van der Waals surface area contributed by atoms with Crippen LogP contribution in [0.4, 0.5) is 0 Å². The second-order valence-corrected chi connectivity index (χ2v) is 6.61. The summed E-state index contributed by atoms with van der Waals surface area (Å²) in [5, 5.41) is 7.26. The fourth-order valence-corrected chi connectivity index (χ4v) is 3.30. The molecule has 0 aliphatic carbocycles. The molecule has 2 aromatic rings. The minimum Gasteiger partial charge on any atom is -0.346 e. The maximum absolute atomic E-state index is 12.4. The maximum atomic E-state index is 12.4. The van der Waals surface area contributed by atoms with Crippen molar-refractivity contribution in [2.24, 2.45) is 0 Å². The summed E-state index contributed by atoms with van der Waals surface area (Å²) in [4.78, 5) is 23.7. The molecule has 1 aliphatic heterocycles. The van der Waals surface area contributed by atoms with Crippen LogP contribution in [0, 0.1) is 6.92 Å². The van der Waals surface area contributed by atoms with Gasteiger partial charge in [0.15, 0.2) is 0 Å². The number of carbonyl (C=O) groups excluding carboxylic acids is 1. The summed E-state index contributed by atoms with van der Waals surface area (Å²) in [7, 11) is 2.12. The monoisotopic (exact) mass is 342 g/mol. The summed E-state index contributed by atoms with van der Waals surface area (Å²) in [6, 6.07) is 2.06. The fourth-order valence-electron chi connectivity index (χ4n) is 3.30. The molecule has 1 amide bonds. The highest BCUT2D eigenvalue weighted by Crippen LogP contribution is 2.31. The van der Waals surface area contributed by atoms with E-state index in [2.05, 4.69) is 39.3 Å². The topological polar surface area (TPSA) is 75.9 Å². The summed E-state index contributed by atoms with van der Waals surface area (Å²) in [6.45, 7) is 6.30. The third-order valence-corrected chi connectivity index (χ3v) is 4.62. The zero-order valence-electron chi connectivity index (χ0n) is 15.2. The van der Waals surface area contributed by atoms with E-state index in [1.807, 2.05) is 19.3 Å². The van der Waals surface area contributed by atoms with Crippen LogP contribution < -0.4 is 5.32 Å². The number of likely N-dealkylation sites (tertiary alicyclic amines) is 1. The van der Waals surface area contributed by atoms with Crippen molar-refractivity contribution in [3.63, 3.8) is 0 Å². The van der Waals surface area contributed by atoms with Crippen LogP contribution in [-0.4, -0.2) is 44.1 Å². The number of rotatable bonds is 6. The zero-order chi connectivity index (χ0) is 17.8. The van der Waals surface area contributed by atoms with Crippen molar-refractivity contribution >= 4 is 5.91 Å². The average Bonchev–Trinajstić information content (AvgIpc) is 3.23. The lowest BCUT2D eigenvalue weighted by Crippen LogP contribution is -2.26. The lowest BCUT2D eigenvalue weighted by atomic mass is 10.1. The van der Waals surface area contributed by atoms with Gasteiger partial charge in [-0.3, -0.25) is 14.4 Å². The molecule has 0 saturated carbocycles. The van der Waals surface area contributed by atoms with Gasteiger partial charge in [-0.05, 0) is 45.8 Å². The average molecular weight is 342 g/mol. The fraction of sp³-hybridized carbons (Fsp3) is 0.556. The molecule has 1 saturated heterocycles. The Labute approximate surface area is 148 Å². The molecule has 1 atom stereocenters. The summed E-state index contributed by atoms with van der Waals surface area (Å²) < 4.78 is 1.79. The predicted molar refractivity (Wildman–Crippen MR) is 95.1 cm³/mol. The number of hydrogen-bond donors (Lipinski definition) is 1. The highest BCUT2D eigenvalue weighted by atomic mass is 16.1. The molecule has 3 heterocycles. The van der Waals surface area contributed by atoms with Crippen LogP contribution >= 0.6 is 0 Å². The maximum Gasteiger partial charge on any atom is 0.272 e. The van der Waals surface area contributed by atoms with E-state index in [1.165, 1.54) is 6.42 Å². The predicted octanol–water partition coefficient (Wildman–Crippen LogP) is 2.09. The van der Waals surface area contributed by atoms with E-state index in [1.54, 1.807) is 10.7 Å². The molecule has 7 nitrogen and oxygen atoms in total. The van der Waals surface area contributed by atoms with Gasteiger partial charge < -0.3 is 5.32 Å². The molecule has 0 bridgehead atoms. The number of aromatic nitrogens is 4. The van der Waals surface area contributed by atoms with E-state index >= 15 is 0 Å². The van der Waals surface area contributed by atoms with Gasteiger partial charge in [0, 0.05) is 31.0 Å². The van der Waals surface area contributed by atoms with Crippen molar-refractivity contribution in [2.45, 2.75) is 52.2 Å². The number of carbonyl (C=O) groups is 1. The van der Waals surface area contributed by atoms with Gasteiger partial charge in [-0.2, -0.15) is 5.10 Å². The Morgan fingerprint density at radius 2 is 2.28 bits per heavy atom. The number of hydrogen-bond acceptors (Lipinski definition) is 5. The first-order valence-electron chi connectivity index (χ1n) is 8.92. The third kappa shape index (κ3) is 4.04. The van der Waals surface area contributed by atoms with Gasteiger partial charge >= 0.3 is 0 Å². The lowest BCUT2D eigenvalue weighted by Gasteiger charge is -2.21. The standard InChI is InChI=1S/C18H26N6O/c1-4-8-24-10-7-15(22-24)18(25)20-12-14-11-19-13(2)21-17(14)16-6-5-9-23(16)3/h7,10-11,16H,4-6,8-9,12H2,1-3H3,(H,20,25)/t16-/m1/s1. The Morgan fingerprint density at radius 1 is 1.44 bits per heavy atom. The van der Waals surface area contributed by atoms with Crippen LogP contribution in [0.3, 0.4) is 0 Å². The number of amides is 1. The minimum absolute atomic E-state index is 0.166. The molecule has 25 heavy (non-hydrogen) atoms. The largest absolute Gasteiger partial charge is 0.346 e. The molecule has 1 aliphatic rings. The van der Waals surface area contributed by atoms with E-state index < -0.39 is 0 Å². The summed E-state index contributed by atoms with van der Waals surface area (Å²) >= 11 is 0. The van der Waals surface area contributed by atoms with E-state index in [-0.39, 0.29) is 5.91 Å². The van der Waals surface area contributed by atoms with Crippen LogP contribution in [0.2, 0.25) is 0 Å². The number of nitrogens with zero attached hydrogens (tertiary/aromatic N) is 5. The first kappa shape index (κ1) is 17.5. The normalized spacial score (nSPS) is 17.8. The number of nitrogens with one attached hydrogen (secondary N) is 1. The van der Waals surface area contributed by atoms with Gasteiger partial charge in [-0.15, -0.1) is 0 Å². The lowest BCUT2D eigenvalue weighted by molar-refractivity contribution is 0.0944. The zero-order valence-corrected chi connectivity index (χ0v) is 15.2. The number of aryl methyl sites for hydroxylation is 2. The van der Waals surface area contributed by atoms with E-state index in [9.17, 15) is 4.79 Å². The van der Waals surface area contributed by atoms with Gasteiger partial charge in [0.2, 0.25) is 0 Å². The van der Waals surface area contributed by atoms with E-state index in [0.717, 1.165) is 43.0 Å². The Balaban J connectivity index is 1.71. The molecule has 3 rings (SSSR count). The van der Waals surface area contributed by atoms with Crippen LogP contribution in [0.25, 0.3) is 0 Å². The SMILES string of the molecule is CCCn1ccc(C(=O)NCc2cnc(C)nc2[C@H]2CCCN2C)n1. The summed E-state index contributed by atoms with van der Waals surface area (Å²) in [5.74, 6) is 0.602. The molecule has 7 heteroatoms. The molecule has 1 N–H and O–H groups in total. The Morgan fingerprint density at radius 3 is 3.00 bits per heavy atom. The van der Waals surface area contributed by atoms with Crippen LogP contribution in [0.1, 0.15) is 59.8 Å². The molecule has 0 spiro atoms. The molecule has 0 aromatic carbocycles. The van der Waals surface area contributed by atoms with Crippen molar-refractivity contribution in [3.05, 3.63) is 41.2 Å². The second-order valence-electron chi connectivity index (χ2n) is 6.61. The molecular weight excluding hydrogens is 316 g/mol. The van der Waals surface area contributed by atoms with Crippen molar-refractivity contribution in [2.75, 3.05) is 13.6 Å².